The van der Waals surface area contributed by atoms with Gasteiger partial charge in [0, 0.05) is 6.54 Å². The lowest BCUT2D eigenvalue weighted by molar-refractivity contribution is 0.0697. The molecule has 0 aliphatic heterocycles. The molecular weight excluding hydrogens is 226 g/mol. The van der Waals surface area contributed by atoms with E-state index in [1.165, 1.54) is 19.3 Å². The average molecular weight is 247 g/mol. The maximum atomic E-state index is 10.7. The Balaban J connectivity index is 1.75. The van der Waals surface area contributed by atoms with E-state index >= 15 is 0 Å². The Kier molecular flexibility index (Phi) is 4.37. The average Bonchev–Trinajstić information content (AvgIpc) is 2.76. The molecule has 1 aromatic carbocycles. The number of carboxylic acid groups (broad SMARTS) is 1. The molecule has 2 atom stereocenters. The molecule has 3 heteroatoms. The van der Waals surface area contributed by atoms with E-state index in [1.807, 2.05) is 12.1 Å². The smallest absolute Gasteiger partial charge is 0.335 e. The van der Waals surface area contributed by atoms with E-state index in [1.54, 1.807) is 12.1 Å². The van der Waals surface area contributed by atoms with Crippen molar-refractivity contribution in [2.45, 2.75) is 32.7 Å². The number of carboxylic acids is 1. The molecular formula is C15H21NO2. The number of nitrogens with one attached hydrogen (secondary N) is 1. The van der Waals surface area contributed by atoms with Gasteiger partial charge in [-0.15, -0.1) is 0 Å². The number of carbonyl (C=O) groups is 1. The van der Waals surface area contributed by atoms with Crippen LogP contribution in [0.25, 0.3) is 0 Å². The number of rotatable bonds is 5. The summed E-state index contributed by atoms with van der Waals surface area (Å²) in [5.74, 6) is 0.833. The first-order valence-corrected chi connectivity index (χ1v) is 6.68. The minimum atomic E-state index is -0.866. The number of benzene rings is 1. The molecule has 0 saturated heterocycles. The van der Waals surface area contributed by atoms with E-state index in [9.17, 15) is 4.79 Å². The first-order valence-electron chi connectivity index (χ1n) is 6.68. The van der Waals surface area contributed by atoms with Crippen molar-refractivity contribution in [3.63, 3.8) is 0 Å². The zero-order valence-electron chi connectivity index (χ0n) is 10.9. The monoisotopic (exact) mass is 247 g/mol. The van der Waals surface area contributed by atoms with Crippen LogP contribution in [0, 0.1) is 11.8 Å². The number of hydrogen-bond acceptors (Lipinski definition) is 2. The summed E-state index contributed by atoms with van der Waals surface area (Å²) in [5.41, 5.74) is 1.49. The quantitative estimate of drug-likeness (QED) is 0.841. The minimum Gasteiger partial charge on any atom is -0.478 e. The third-order valence-corrected chi connectivity index (χ3v) is 3.77. The van der Waals surface area contributed by atoms with Gasteiger partial charge < -0.3 is 10.4 Å². The fraction of sp³-hybridized carbons (Fsp3) is 0.533. The third kappa shape index (κ3) is 3.57. The molecule has 2 unspecified atom stereocenters. The lowest BCUT2D eigenvalue weighted by atomic mass is 10.1. The minimum absolute atomic E-state index is 0.350. The lowest BCUT2D eigenvalue weighted by Gasteiger charge is -2.11. The van der Waals surface area contributed by atoms with Crippen LogP contribution >= 0.6 is 0 Å². The maximum Gasteiger partial charge on any atom is 0.335 e. The highest BCUT2D eigenvalue weighted by atomic mass is 16.4. The second-order valence-corrected chi connectivity index (χ2v) is 5.42. The molecule has 0 aromatic heterocycles. The summed E-state index contributed by atoms with van der Waals surface area (Å²) in [6.45, 7) is 4.22. The SMILES string of the molecule is CC1CCC(CNCc2ccc(C(=O)O)cc2)C1. The zero-order valence-corrected chi connectivity index (χ0v) is 10.9. The van der Waals surface area contributed by atoms with E-state index in [0.717, 1.165) is 30.5 Å². The van der Waals surface area contributed by atoms with Crippen LogP contribution in [0.5, 0.6) is 0 Å². The molecule has 1 saturated carbocycles. The fourth-order valence-corrected chi connectivity index (χ4v) is 2.70. The van der Waals surface area contributed by atoms with Gasteiger partial charge in [-0.25, -0.2) is 4.79 Å². The number of aromatic carboxylic acids is 1. The van der Waals surface area contributed by atoms with Gasteiger partial charge in [-0.3, -0.25) is 0 Å². The Morgan fingerprint density at radius 1 is 1.33 bits per heavy atom. The first-order chi connectivity index (χ1) is 8.65. The summed E-state index contributed by atoms with van der Waals surface area (Å²) in [6, 6.07) is 7.09. The third-order valence-electron chi connectivity index (χ3n) is 3.77. The normalized spacial score (nSPS) is 23.2. The van der Waals surface area contributed by atoms with Crippen molar-refractivity contribution < 1.29 is 9.90 Å². The van der Waals surface area contributed by atoms with Gasteiger partial charge in [-0.2, -0.15) is 0 Å². The van der Waals surface area contributed by atoms with E-state index in [-0.39, 0.29) is 0 Å². The molecule has 18 heavy (non-hydrogen) atoms. The van der Waals surface area contributed by atoms with E-state index in [4.69, 9.17) is 5.11 Å². The highest BCUT2D eigenvalue weighted by Crippen LogP contribution is 2.29. The molecule has 98 valence electrons. The van der Waals surface area contributed by atoms with Gasteiger partial charge in [0.2, 0.25) is 0 Å². The molecule has 0 bridgehead atoms. The van der Waals surface area contributed by atoms with Crippen molar-refractivity contribution in [1.82, 2.24) is 5.32 Å². The summed E-state index contributed by atoms with van der Waals surface area (Å²) >= 11 is 0. The Labute approximate surface area is 108 Å². The van der Waals surface area contributed by atoms with Crippen LogP contribution < -0.4 is 5.32 Å². The molecule has 1 fully saturated rings. The molecule has 2 N–H and O–H groups in total. The summed E-state index contributed by atoms with van der Waals surface area (Å²) in [6.07, 6.45) is 4.04. The maximum absolute atomic E-state index is 10.7. The fourth-order valence-electron chi connectivity index (χ4n) is 2.70. The topological polar surface area (TPSA) is 49.3 Å². The largest absolute Gasteiger partial charge is 0.478 e. The Hall–Kier alpha value is -1.35. The highest BCUT2D eigenvalue weighted by Gasteiger charge is 2.20. The van der Waals surface area contributed by atoms with Crippen molar-refractivity contribution in [1.29, 1.82) is 0 Å². The Morgan fingerprint density at radius 3 is 2.61 bits per heavy atom. The van der Waals surface area contributed by atoms with Crippen LogP contribution in [0.3, 0.4) is 0 Å². The van der Waals surface area contributed by atoms with Crippen LogP contribution in [0.1, 0.15) is 42.1 Å². The highest BCUT2D eigenvalue weighted by molar-refractivity contribution is 5.87. The summed E-state index contributed by atoms with van der Waals surface area (Å²) in [5, 5.41) is 12.3. The molecule has 0 heterocycles. The molecule has 1 aliphatic rings. The number of hydrogen-bond donors (Lipinski definition) is 2. The molecule has 3 nitrogen and oxygen atoms in total. The van der Waals surface area contributed by atoms with Crippen LogP contribution in [-0.4, -0.2) is 17.6 Å². The van der Waals surface area contributed by atoms with Gasteiger partial charge in [0.25, 0.3) is 0 Å². The van der Waals surface area contributed by atoms with Crippen molar-refractivity contribution in [3.8, 4) is 0 Å². The summed E-state index contributed by atoms with van der Waals surface area (Å²) in [7, 11) is 0. The predicted octanol–water partition coefficient (Wildman–Crippen LogP) is 2.91. The van der Waals surface area contributed by atoms with Crippen LogP contribution in [-0.2, 0) is 6.54 Å². The molecule has 2 rings (SSSR count). The van der Waals surface area contributed by atoms with Gasteiger partial charge >= 0.3 is 5.97 Å². The van der Waals surface area contributed by atoms with Crippen molar-refractivity contribution in [2.75, 3.05) is 6.54 Å². The standard InChI is InChI=1S/C15H21NO2/c1-11-2-3-13(8-11)10-16-9-12-4-6-14(7-5-12)15(17)18/h4-7,11,13,16H,2-3,8-10H2,1H3,(H,17,18). The molecule has 0 spiro atoms. The Morgan fingerprint density at radius 2 is 2.06 bits per heavy atom. The van der Waals surface area contributed by atoms with Crippen LogP contribution in [0.2, 0.25) is 0 Å². The molecule has 1 aliphatic carbocycles. The second-order valence-electron chi connectivity index (χ2n) is 5.42. The Bertz CT molecular complexity index is 399. The second kappa shape index (κ2) is 6.01. The zero-order chi connectivity index (χ0) is 13.0. The summed E-state index contributed by atoms with van der Waals surface area (Å²) < 4.78 is 0. The molecule has 0 radical (unpaired) electrons. The van der Waals surface area contributed by atoms with Gasteiger partial charge in [0.1, 0.15) is 0 Å². The van der Waals surface area contributed by atoms with Crippen molar-refractivity contribution in [3.05, 3.63) is 35.4 Å². The van der Waals surface area contributed by atoms with E-state index < -0.39 is 5.97 Å². The van der Waals surface area contributed by atoms with Crippen molar-refractivity contribution >= 4 is 5.97 Å². The van der Waals surface area contributed by atoms with Gasteiger partial charge in [-0.05, 0) is 48.9 Å². The van der Waals surface area contributed by atoms with Gasteiger partial charge in [-0.1, -0.05) is 25.5 Å². The van der Waals surface area contributed by atoms with Gasteiger partial charge in [0.05, 0.1) is 5.56 Å². The summed E-state index contributed by atoms with van der Waals surface area (Å²) in [4.78, 5) is 10.7. The van der Waals surface area contributed by atoms with E-state index in [0.29, 0.717) is 5.56 Å². The van der Waals surface area contributed by atoms with E-state index in [2.05, 4.69) is 12.2 Å². The lowest BCUT2D eigenvalue weighted by Crippen LogP contribution is -2.21. The van der Waals surface area contributed by atoms with Crippen LogP contribution in [0.15, 0.2) is 24.3 Å². The predicted molar refractivity (Wildman–Crippen MR) is 71.6 cm³/mol. The molecule has 0 amide bonds. The molecule has 1 aromatic rings. The van der Waals surface area contributed by atoms with Crippen LogP contribution in [0.4, 0.5) is 0 Å². The van der Waals surface area contributed by atoms with Crippen molar-refractivity contribution in [2.24, 2.45) is 11.8 Å². The van der Waals surface area contributed by atoms with Gasteiger partial charge in [0.15, 0.2) is 0 Å². The first kappa shape index (κ1) is 13.1.